The van der Waals surface area contributed by atoms with Gasteiger partial charge in [-0.3, -0.25) is 4.79 Å². The maximum Gasteiger partial charge on any atom is 0.326 e. The van der Waals surface area contributed by atoms with E-state index in [-0.39, 0.29) is 11.8 Å². The number of carbonyl (C=O) groups excluding carboxylic acids is 1. The summed E-state index contributed by atoms with van der Waals surface area (Å²) in [5.41, 5.74) is 6.08. The van der Waals surface area contributed by atoms with E-state index in [1.807, 2.05) is 67.7 Å². The fraction of sp³-hybridized carbons (Fsp3) is 0.226. The van der Waals surface area contributed by atoms with Crippen LogP contribution in [0.15, 0.2) is 85.2 Å². The molecule has 3 N–H and O–H groups in total. The average molecular weight is 509 g/mol. The number of rotatable bonds is 8. The number of aromatic nitrogens is 2. The Kier molecular flexibility index (Phi) is 7.86. The number of carbonyl (C=O) groups is 2. The van der Waals surface area contributed by atoms with Crippen LogP contribution in [-0.4, -0.2) is 40.0 Å². The highest BCUT2D eigenvalue weighted by Crippen LogP contribution is 2.24. The SMILES string of the molecule is CNc1ccc(-c2cnc(-c3ccc(CC(NC(=O)c4ccc(C(C)(C)C)cc4)C(=O)O)cc3)nc2)cc1. The molecule has 4 aromatic rings. The molecule has 0 saturated carbocycles. The number of benzene rings is 3. The van der Waals surface area contributed by atoms with Gasteiger partial charge >= 0.3 is 5.97 Å². The van der Waals surface area contributed by atoms with E-state index in [0.29, 0.717) is 11.4 Å². The van der Waals surface area contributed by atoms with Crippen molar-refractivity contribution in [2.24, 2.45) is 0 Å². The molecule has 1 heterocycles. The second-order valence-electron chi connectivity index (χ2n) is 10.2. The van der Waals surface area contributed by atoms with Crippen molar-refractivity contribution in [3.05, 3.63) is 102 Å². The Morgan fingerprint density at radius 2 is 1.39 bits per heavy atom. The summed E-state index contributed by atoms with van der Waals surface area (Å²) in [4.78, 5) is 33.6. The van der Waals surface area contributed by atoms with Crippen LogP contribution >= 0.6 is 0 Å². The van der Waals surface area contributed by atoms with Gasteiger partial charge in [0.1, 0.15) is 6.04 Å². The summed E-state index contributed by atoms with van der Waals surface area (Å²) in [7, 11) is 1.88. The molecule has 0 bridgehead atoms. The third-order valence-corrected chi connectivity index (χ3v) is 6.43. The minimum Gasteiger partial charge on any atom is -0.480 e. The van der Waals surface area contributed by atoms with Crippen LogP contribution in [0.5, 0.6) is 0 Å². The molecule has 0 saturated heterocycles. The summed E-state index contributed by atoms with van der Waals surface area (Å²) >= 11 is 0. The molecule has 0 aliphatic rings. The Bertz CT molecular complexity index is 1390. The molecule has 3 aromatic carbocycles. The Labute approximate surface area is 223 Å². The number of carboxylic acids is 1. The number of aliphatic carboxylic acids is 1. The van der Waals surface area contributed by atoms with Gasteiger partial charge in [-0.25, -0.2) is 14.8 Å². The van der Waals surface area contributed by atoms with Crippen LogP contribution in [0, 0.1) is 0 Å². The molecule has 1 unspecified atom stereocenters. The monoisotopic (exact) mass is 508 g/mol. The van der Waals surface area contributed by atoms with Gasteiger partial charge in [-0.05, 0) is 46.4 Å². The van der Waals surface area contributed by atoms with E-state index in [4.69, 9.17) is 0 Å². The van der Waals surface area contributed by atoms with Crippen molar-refractivity contribution in [2.45, 2.75) is 38.6 Å². The number of carboxylic acid groups (broad SMARTS) is 1. The second-order valence-corrected chi connectivity index (χ2v) is 10.2. The number of anilines is 1. The molecule has 0 aliphatic heterocycles. The van der Waals surface area contributed by atoms with Crippen molar-refractivity contribution in [1.29, 1.82) is 0 Å². The first-order valence-electron chi connectivity index (χ1n) is 12.5. The van der Waals surface area contributed by atoms with Crippen LogP contribution in [0.2, 0.25) is 0 Å². The van der Waals surface area contributed by atoms with Gasteiger partial charge in [0, 0.05) is 48.2 Å². The molecular weight excluding hydrogens is 476 g/mol. The molecular formula is C31H32N4O3. The molecule has 0 fully saturated rings. The molecule has 38 heavy (non-hydrogen) atoms. The van der Waals surface area contributed by atoms with E-state index >= 15 is 0 Å². The summed E-state index contributed by atoms with van der Waals surface area (Å²) in [5.74, 6) is -0.923. The highest BCUT2D eigenvalue weighted by atomic mass is 16.4. The van der Waals surface area contributed by atoms with Crippen LogP contribution in [0.3, 0.4) is 0 Å². The molecule has 4 rings (SSSR count). The Balaban J connectivity index is 1.41. The first-order valence-corrected chi connectivity index (χ1v) is 12.5. The smallest absolute Gasteiger partial charge is 0.326 e. The number of hydrogen-bond donors (Lipinski definition) is 3. The first kappa shape index (κ1) is 26.5. The van der Waals surface area contributed by atoms with E-state index in [1.165, 1.54) is 0 Å². The Morgan fingerprint density at radius 1 is 0.816 bits per heavy atom. The number of nitrogens with one attached hydrogen (secondary N) is 2. The summed E-state index contributed by atoms with van der Waals surface area (Å²) in [5, 5.41) is 15.5. The molecule has 0 spiro atoms. The molecule has 194 valence electrons. The molecule has 1 atom stereocenters. The van der Waals surface area contributed by atoms with Crippen molar-refractivity contribution in [3.8, 4) is 22.5 Å². The fourth-order valence-corrected chi connectivity index (χ4v) is 4.04. The molecule has 7 nitrogen and oxygen atoms in total. The van der Waals surface area contributed by atoms with Crippen molar-refractivity contribution in [1.82, 2.24) is 15.3 Å². The standard InChI is InChI=1S/C31H32N4O3/c1-31(2,3)25-13-9-23(10-14-25)29(36)35-27(30(37)38)17-20-5-7-22(8-6-20)28-33-18-24(19-34-28)21-11-15-26(32-4)16-12-21/h5-16,18-19,27,32H,17H2,1-4H3,(H,35,36)(H,37,38). The van der Waals surface area contributed by atoms with Gasteiger partial charge in [0.05, 0.1) is 0 Å². The molecule has 0 aliphatic carbocycles. The van der Waals surface area contributed by atoms with Crippen molar-refractivity contribution < 1.29 is 14.7 Å². The van der Waals surface area contributed by atoms with Gasteiger partial charge in [0.25, 0.3) is 5.91 Å². The van der Waals surface area contributed by atoms with Gasteiger partial charge in [-0.2, -0.15) is 0 Å². The van der Waals surface area contributed by atoms with Crippen LogP contribution < -0.4 is 10.6 Å². The van der Waals surface area contributed by atoms with Crippen LogP contribution in [-0.2, 0) is 16.6 Å². The van der Waals surface area contributed by atoms with Gasteiger partial charge in [0.2, 0.25) is 0 Å². The number of nitrogens with zero attached hydrogens (tertiary/aromatic N) is 2. The number of amides is 1. The van der Waals surface area contributed by atoms with Crippen molar-refractivity contribution in [3.63, 3.8) is 0 Å². The molecule has 1 amide bonds. The topological polar surface area (TPSA) is 104 Å². The van der Waals surface area contributed by atoms with Crippen LogP contribution in [0.4, 0.5) is 5.69 Å². The largest absolute Gasteiger partial charge is 0.480 e. The maximum atomic E-state index is 12.7. The zero-order valence-corrected chi connectivity index (χ0v) is 22.0. The first-order chi connectivity index (χ1) is 18.1. The van der Waals surface area contributed by atoms with Gasteiger partial charge < -0.3 is 15.7 Å². The second kappa shape index (κ2) is 11.3. The van der Waals surface area contributed by atoms with E-state index in [2.05, 4.69) is 41.4 Å². The molecule has 1 aromatic heterocycles. The van der Waals surface area contributed by atoms with Crippen LogP contribution in [0.25, 0.3) is 22.5 Å². The molecule has 7 heteroatoms. The lowest BCUT2D eigenvalue weighted by atomic mass is 9.86. The van der Waals surface area contributed by atoms with Crippen molar-refractivity contribution >= 4 is 17.6 Å². The van der Waals surface area contributed by atoms with Gasteiger partial charge in [-0.1, -0.05) is 69.3 Å². The summed E-state index contributed by atoms with van der Waals surface area (Å²) < 4.78 is 0. The average Bonchev–Trinajstić information content (AvgIpc) is 2.93. The maximum absolute atomic E-state index is 12.7. The van der Waals surface area contributed by atoms with E-state index in [1.54, 1.807) is 24.5 Å². The van der Waals surface area contributed by atoms with Gasteiger partial charge in [-0.15, -0.1) is 0 Å². The predicted molar refractivity (Wildman–Crippen MR) is 150 cm³/mol. The summed E-state index contributed by atoms with van der Waals surface area (Å²) in [6.07, 6.45) is 3.73. The minimum absolute atomic E-state index is 0.0313. The van der Waals surface area contributed by atoms with E-state index < -0.39 is 17.9 Å². The minimum atomic E-state index is -1.09. The van der Waals surface area contributed by atoms with E-state index in [9.17, 15) is 14.7 Å². The third-order valence-electron chi connectivity index (χ3n) is 6.43. The summed E-state index contributed by atoms with van der Waals surface area (Å²) in [6, 6.07) is 21.6. The third kappa shape index (κ3) is 6.42. The lowest BCUT2D eigenvalue weighted by Gasteiger charge is -2.19. The zero-order valence-electron chi connectivity index (χ0n) is 22.0. The summed E-state index contributed by atoms with van der Waals surface area (Å²) in [6.45, 7) is 6.29. The van der Waals surface area contributed by atoms with Crippen molar-refractivity contribution in [2.75, 3.05) is 12.4 Å². The quantitative estimate of drug-likeness (QED) is 0.287. The van der Waals surface area contributed by atoms with E-state index in [0.717, 1.165) is 33.5 Å². The number of hydrogen-bond acceptors (Lipinski definition) is 5. The normalized spacial score (nSPS) is 12.0. The Morgan fingerprint density at radius 3 is 1.92 bits per heavy atom. The zero-order chi connectivity index (χ0) is 27.3. The predicted octanol–water partition coefficient (Wildman–Crippen LogP) is 5.58. The van der Waals surface area contributed by atoms with Gasteiger partial charge in [0.15, 0.2) is 5.82 Å². The lowest BCUT2D eigenvalue weighted by molar-refractivity contribution is -0.139. The Hall–Kier alpha value is -4.52. The van der Waals surface area contributed by atoms with Crippen LogP contribution in [0.1, 0.15) is 42.3 Å². The lowest BCUT2D eigenvalue weighted by Crippen LogP contribution is -2.42. The highest BCUT2D eigenvalue weighted by Gasteiger charge is 2.22. The highest BCUT2D eigenvalue weighted by molar-refractivity contribution is 5.96. The fourth-order valence-electron chi connectivity index (χ4n) is 4.04. The molecule has 0 radical (unpaired) electrons.